The van der Waals surface area contributed by atoms with Gasteiger partial charge in [0.1, 0.15) is 0 Å². The van der Waals surface area contributed by atoms with Gasteiger partial charge in [-0.15, -0.1) is 0 Å². The normalized spacial score (nSPS) is 18.5. The second-order valence-electron chi connectivity index (χ2n) is 4.45. The summed E-state index contributed by atoms with van der Waals surface area (Å²) in [5, 5.41) is 0. The van der Waals surface area contributed by atoms with Crippen LogP contribution in [0, 0.1) is 0 Å². The molecule has 1 aromatic carbocycles. The number of hydrogen-bond acceptors (Lipinski definition) is 4. The van der Waals surface area contributed by atoms with E-state index >= 15 is 0 Å². The molecule has 1 aromatic rings. The highest BCUT2D eigenvalue weighted by Crippen LogP contribution is 2.25. The van der Waals surface area contributed by atoms with E-state index in [1.165, 1.54) is 25.5 Å². The highest BCUT2D eigenvalue weighted by Gasteiger charge is 2.15. The van der Waals surface area contributed by atoms with Crippen LogP contribution in [0.1, 0.15) is 28.8 Å². The van der Waals surface area contributed by atoms with Gasteiger partial charge in [-0.25, -0.2) is 4.79 Å². The van der Waals surface area contributed by atoms with E-state index in [9.17, 15) is 4.79 Å². The van der Waals surface area contributed by atoms with Crippen molar-refractivity contribution in [1.82, 2.24) is 0 Å². The first-order valence-corrected chi connectivity index (χ1v) is 8.21. The van der Waals surface area contributed by atoms with Crippen LogP contribution in [0.3, 0.4) is 0 Å². The molecule has 0 bridgehead atoms. The van der Waals surface area contributed by atoms with Crippen LogP contribution in [-0.4, -0.2) is 31.5 Å². The summed E-state index contributed by atoms with van der Waals surface area (Å²) in [6, 6.07) is 5.59. The number of halogens is 1. The topological polar surface area (TPSA) is 35.5 Å². The number of carbonyl (C=O) groups excluding carboxylic acids is 1. The van der Waals surface area contributed by atoms with Crippen LogP contribution >= 0.6 is 27.7 Å². The molecule has 0 aliphatic carbocycles. The van der Waals surface area contributed by atoms with Gasteiger partial charge in [0.05, 0.1) is 18.8 Å². The molecule has 19 heavy (non-hydrogen) atoms. The quantitative estimate of drug-likeness (QED) is 0.763. The van der Waals surface area contributed by atoms with Crippen molar-refractivity contribution in [2.24, 2.45) is 0 Å². The number of hydrogen-bond donors (Lipinski definition) is 0. The van der Waals surface area contributed by atoms with Gasteiger partial charge in [-0.05, 0) is 30.5 Å². The predicted octanol–water partition coefficient (Wildman–Crippen LogP) is 3.65. The summed E-state index contributed by atoms with van der Waals surface area (Å²) in [7, 11) is 1.39. The Hall–Kier alpha value is -0.520. The van der Waals surface area contributed by atoms with Crippen LogP contribution < -0.4 is 0 Å². The van der Waals surface area contributed by atoms with E-state index < -0.39 is 0 Å². The summed E-state index contributed by atoms with van der Waals surface area (Å²) < 4.78 is 11.2. The Balaban J connectivity index is 1.87. The molecule has 1 aliphatic heterocycles. The molecule has 1 atom stereocenters. The predicted molar refractivity (Wildman–Crippen MR) is 80.6 cm³/mol. The molecule has 5 heteroatoms. The van der Waals surface area contributed by atoms with Crippen molar-refractivity contribution in [1.29, 1.82) is 0 Å². The Kier molecular flexibility index (Phi) is 5.73. The van der Waals surface area contributed by atoms with E-state index in [4.69, 9.17) is 9.47 Å². The summed E-state index contributed by atoms with van der Waals surface area (Å²) in [5.74, 6) is 1.65. The van der Waals surface area contributed by atoms with Crippen molar-refractivity contribution >= 4 is 33.7 Å². The monoisotopic (exact) mass is 344 g/mol. The van der Waals surface area contributed by atoms with Crippen LogP contribution in [0.4, 0.5) is 0 Å². The lowest BCUT2D eigenvalue weighted by atomic mass is 10.1. The third-order valence-corrected chi connectivity index (χ3v) is 4.92. The highest BCUT2D eigenvalue weighted by molar-refractivity contribution is 9.10. The minimum absolute atomic E-state index is 0.306. The van der Waals surface area contributed by atoms with E-state index in [1.54, 1.807) is 6.07 Å². The molecule has 1 unspecified atom stereocenters. The third kappa shape index (κ3) is 4.23. The maximum atomic E-state index is 11.4. The average Bonchev–Trinajstić information content (AvgIpc) is 2.93. The fraction of sp³-hybridized carbons (Fsp3) is 0.500. The molecule has 1 aliphatic rings. The van der Waals surface area contributed by atoms with Crippen molar-refractivity contribution in [2.45, 2.75) is 24.7 Å². The fourth-order valence-corrected chi connectivity index (χ4v) is 3.81. The zero-order chi connectivity index (χ0) is 13.7. The molecule has 1 fully saturated rings. The molecule has 3 nitrogen and oxygen atoms in total. The van der Waals surface area contributed by atoms with E-state index in [2.05, 4.69) is 15.9 Å². The Morgan fingerprint density at radius 1 is 1.58 bits per heavy atom. The molecular weight excluding hydrogens is 328 g/mol. The van der Waals surface area contributed by atoms with Crippen molar-refractivity contribution in [3.63, 3.8) is 0 Å². The number of carbonyl (C=O) groups is 1. The first-order valence-electron chi connectivity index (χ1n) is 6.27. The van der Waals surface area contributed by atoms with Crippen molar-refractivity contribution < 1.29 is 14.3 Å². The molecule has 1 saturated heterocycles. The Morgan fingerprint density at radius 3 is 3.05 bits per heavy atom. The minimum Gasteiger partial charge on any atom is -0.465 e. The van der Waals surface area contributed by atoms with Crippen molar-refractivity contribution in [3.05, 3.63) is 33.8 Å². The lowest BCUT2D eigenvalue weighted by Gasteiger charge is -2.10. The zero-order valence-corrected chi connectivity index (χ0v) is 13.3. The van der Waals surface area contributed by atoms with Gasteiger partial charge in [0.2, 0.25) is 0 Å². The molecule has 0 spiro atoms. The molecule has 0 radical (unpaired) electrons. The number of thioether (sulfide) groups is 1. The number of rotatable bonds is 5. The Morgan fingerprint density at radius 2 is 2.42 bits per heavy atom. The highest BCUT2D eigenvalue weighted by atomic mass is 79.9. The molecular formula is C14H17BrO3S. The molecule has 2 rings (SSSR count). The number of ether oxygens (including phenoxy) is 2. The van der Waals surface area contributed by atoms with Crippen molar-refractivity contribution in [2.75, 3.05) is 19.5 Å². The first kappa shape index (κ1) is 14.9. The molecule has 104 valence electrons. The van der Waals surface area contributed by atoms with Crippen LogP contribution in [0.5, 0.6) is 0 Å². The second kappa shape index (κ2) is 7.31. The maximum Gasteiger partial charge on any atom is 0.337 e. The van der Waals surface area contributed by atoms with Gasteiger partial charge in [0, 0.05) is 22.6 Å². The first-order chi connectivity index (χ1) is 9.20. The smallest absolute Gasteiger partial charge is 0.337 e. The van der Waals surface area contributed by atoms with Gasteiger partial charge >= 0.3 is 5.97 Å². The van der Waals surface area contributed by atoms with Gasteiger partial charge < -0.3 is 9.47 Å². The fourth-order valence-electron chi connectivity index (χ4n) is 1.99. The Bertz CT molecular complexity index is 444. The standard InChI is InChI=1S/C14H17BrO3S/c1-17-14(16)10-4-5-11(13(15)7-10)8-19-9-12-3-2-6-18-12/h4-5,7,12H,2-3,6,8-9H2,1H3. The summed E-state index contributed by atoms with van der Waals surface area (Å²) >= 11 is 5.37. The largest absolute Gasteiger partial charge is 0.465 e. The second-order valence-corrected chi connectivity index (χ2v) is 6.33. The van der Waals surface area contributed by atoms with E-state index in [-0.39, 0.29) is 5.97 Å². The summed E-state index contributed by atoms with van der Waals surface area (Å²) in [6.45, 7) is 0.906. The van der Waals surface area contributed by atoms with Crippen molar-refractivity contribution in [3.8, 4) is 0 Å². The summed E-state index contributed by atoms with van der Waals surface area (Å²) in [6.07, 6.45) is 2.77. The van der Waals surface area contributed by atoms with Crippen LogP contribution in [0.25, 0.3) is 0 Å². The van der Waals surface area contributed by atoms with Crippen LogP contribution in [0.15, 0.2) is 22.7 Å². The van der Waals surface area contributed by atoms with Gasteiger partial charge in [-0.1, -0.05) is 22.0 Å². The van der Waals surface area contributed by atoms with Gasteiger partial charge in [-0.2, -0.15) is 11.8 Å². The lowest BCUT2D eigenvalue weighted by Crippen LogP contribution is -2.08. The average molecular weight is 345 g/mol. The molecule has 0 aromatic heterocycles. The zero-order valence-electron chi connectivity index (χ0n) is 10.9. The number of esters is 1. The molecule has 0 amide bonds. The third-order valence-electron chi connectivity index (χ3n) is 3.06. The van der Waals surface area contributed by atoms with Crippen LogP contribution in [0.2, 0.25) is 0 Å². The van der Waals surface area contributed by atoms with E-state index in [0.29, 0.717) is 11.7 Å². The van der Waals surface area contributed by atoms with E-state index in [1.807, 2.05) is 23.9 Å². The Labute approximate surface area is 126 Å². The SMILES string of the molecule is COC(=O)c1ccc(CSCC2CCCO2)c(Br)c1. The number of methoxy groups -OCH3 is 1. The van der Waals surface area contributed by atoms with Gasteiger partial charge in [0.25, 0.3) is 0 Å². The number of benzene rings is 1. The van der Waals surface area contributed by atoms with Crippen LogP contribution in [-0.2, 0) is 15.2 Å². The molecule has 0 N–H and O–H groups in total. The van der Waals surface area contributed by atoms with Gasteiger partial charge in [-0.3, -0.25) is 0 Å². The minimum atomic E-state index is -0.306. The van der Waals surface area contributed by atoms with E-state index in [0.717, 1.165) is 22.6 Å². The summed E-state index contributed by atoms with van der Waals surface area (Å²) in [4.78, 5) is 11.4. The molecule has 0 saturated carbocycles. The molecule has 1 heterocycles. The van der Waals surface area contributed by atoms with Gasteiger partial charge in [0.15, 0.2) is 0 Å². The summed E-state index contributed by atoms with van der Waals surface area (Å²) in [5.41, 5.74) is 1.76. The maximum absolute atomic E-state index is 11.4. The lowest BCUT2D eigenvalue weighted by molar-refractivity contribution is 0.0600.